The minimum Gasteiger partial charge on any atom is -0.379 e. The molecule has 140 valence electrons. The summed E-state index contributed by atoms with van der Waals surface area (Å²) in [6, 6.07) is 24.2. The molecule has 3 aromatic carbocycles. The molecule has 0 atom stereocenters. The maximum absolute atomic E-state index is 13.3. The molecule has 0 saturated heterocycles. The standard InChI is InChI=1S/C23H20N2O2S/c1-17-12-13-21-20(14-17)23(25-15-18-8-4-2-5-9-18)22(16-24-21)28(26,27)19-10-6-3-7-11-19/h2-14,16H,15H2,1H3,(H,24,25). The van der Waals surface area contributed by atoms with Crippen molar-refractivity contribution in [1.82, 2.24) is 4.98 Å². The van der Waals surface area contributed by atoms with Crippen LogP contribution in [0.4, 0.5) is 5.69 Å². The number of sulfone groups is 1. The second-order valence-corrected chi connectivity index (χ2v) is 8.59. The summed E-state index contributed by atoms with van der Waals surface area (Å²) in [6.07, 6.45) is 1.45. The van der Waals surface area contributed by atoms with Crippen molar-refractivity contribution in [2.24, 2.45) is 0 Å². The Bertz CT molecular complexity index is 1220. The van der Waals surface area contributed by atoms with E-state index in [1.54, 1.807) is 30.3 Å². The molecule has 0 unspecified atom stereocenters. The van der Waals surface area contributed by atoms with Crippen LogP contribution in [0.25, 0.3) is 10.9 Å². The van der Waals surface area contributed by atoms with Crippen LogP contribution in [0.3, 0.4) is 0 Å². The largest absolute Gasteiger partial charge is 0.379 e. The van der Waals surface area contributed by atoms with Gasteiger partial charge < -0.3 is 5.32 Å². The van der Waals surface area contributed by atoms with E-state index < -0.39 is 9.84 Å². The van der Waals surface area contributed by atoms with Gasteiger partial charge in [0.25, 0.3) is 0 Å². The van der Waals surface area contributed by atoms with E-state index in [1.807, 2.05) is 55.5 Å². The minimum absolute atomic E-state index is 0.188. The van der Waals surface area contributed by atoms with E-state index >= 15 is 0 Å². The van der Waals surface area contributed by atoms with Gasteiger partial charge in [0.15, 0.2) is 0 Å². The first-order valence-corrected chi connectivity index (χ1v) is 10.5. The molecule has 4 aromatic rings. The molecular formula is C23H20N2O2S. The predicted octanol–water partition coefficient (Wildman–Crippen LogP) is 4.99. The highest BCUT2D eigenvalue weighted by atomic mass is 32.2. The van der Waals surface area contributed by atoms with Crippen molar-refractivity contribution in [1.29, 1.82) is 0 Å². The van der Waals surface area contributed by atoms with E-state index in [-0.39, 0.29) is 9.79 Å². The number of nitrogens with one attached hydrogen (secondary N) is 1. The maximum Gasteiger partial charge on any atom is 0.210 e. The number of nitrogens with zero attached hydrogens (tertiary/aromatic N) is 1. The van der Waals surface area contributed by atoms with Crippen LogP contribution >= 0.6 is 0 Å². The highest BCUT2D eigenvalue weighted by molar-refractivity contribution is 7.91. The first-order valence-electron chi connectivity index (χ1n) is 9.03. The number of benzene rings is 3. The third kappa shape index (κ3) is 3.49. The Hall–Kier alpha value is -3.18. The van der Waals surface area contributed by atoms with Crippen molar-refractivity contribution in [2.75, 3.05) is 5.32 Å². The molecule has 0 saturated carbocycles. The topological polar surface area (TPSA) is 59.1 Å². The van der Waals surface area contributed by atoms with Gasteiger partial charge in [0, 0.05) is 18.1 Å². The van der Waals surface area contributed by atoms with Crippen molar-refractivity contribution < 1.29 is 8.42 Å². The number of hydrogen-bond donors (Lipinski definition) is 1. The van der Waals surface area contributed by atoms with Crippen molar-refractivity contribution >= 4 is 26.4 Å². The molecule has 0 bridgehead atoms. The Morgan fingerprint density at radius 2 is 1.57 bits per heavy atom. The number of pyridine rings is 1. The minimum atomic E-state index is -3.70. The lowest BCUT2D eigenvalue weighted by atomic mass is 10.1. The van der Waals surface area contributed by atoms with Crippen LogP contribution in [0, 0.1) is 6.92 Å². The summed E-state index contributed by atoms with van der Waals surface area (Å²) in [7, 11) is -3.70. The average Bonchev–Trinajstić information content (AvgIpc) is 2.73. The van der Waals surface area contributed by atoms with Gasteiger partial charge in [-0.1, -0.05) is 60.2 Å². The van der Waals surface area contributed by atoms with E-state index in [2.05, 4.69) is 10.3 Å². The molecular weight excluding hydrogens is 368 g/mol. The molecule has 1 N–H and O–H groups in total. The van der Waals surface area contributed by atoms with Gasteiger partial charge in [0.2, 0.25) is 9.84 Å². The van der Waals surface area contributed by atoms with Gasteiger partial charge in [-0.2, -0.15) is 0 Å². The molecule has 1 aromatic heterocycles. The fourth-order valence-corrected chi connectivity index (χ4v) is 4.60. The monoisotopic (exact) mass is 388 g/mol. The van der Waals surface area contributed by atoms with Gasteiger partial charge in [0.05, 0.1) is 16.1 Å². The molecule has 0 aliphatic rings. The van der Waals surface area contributed by atoms with E-state index in [4.69, 9.17) is 0 Å². The van der Waals surface area contributed by atoms with Crippen LogP contribution in [0.5, 0.6) is 0 Å². The molecule has 28 heavy (non-hydrogen) atoms. The molecule has 0 aliphatic carbocycles. The zero-order valence-corrected chi connectivity index (χ0v) is 16.3. The lowest BCUT2D eigenvalue weighted by Gasteiger charge is -2.16. The first kappa shape index (κ1) is 18.2. The number of hydrogen-bond acceptors (Lipinski definition) is 4. The summed E-state index contributed by atoms with van der Waals surface area (Å²) in [5.41, 5.74) is 3.46. The molecule has 0 aliphatic heterocycles. The van der Waals surface area contributed by atoms with Crippen LogP contribution in [0.1, 0.15) is 11.1 Å². The van der Waals surface area contributed by atoms with Crippen molar-refractivity contribution in [2.45, 2.75) is 23.3 Å². The van der Waals surface area contributed by atoms with Crippen LogP contribution in [0.2, 0.25) is 0 Å². The lowest BCUT2D eigenvalue weighted by Crippen LogP contribution is -2.09. The molecule has 0 fully saturated rings. The van der Waals surface area contributed by atoms with E-state index in [0.717, 1.165) is 22.0 Å². The lowest BCUT2D eigenvalue weighted by molar-refractivity contribution is 0.596. The van der Waals surface area contributed by atoms with Crippen LogP contribution in [-0.4, -0.2) is 13.4 Å². The van der Waals surface area contributed by atoms with E-state index in [0.29, 0.717) is 12.2 Å². The normalized spacial score (nSPS) is 11.5. The summed E-state index contributed by atoms with van der Waals surface area (Å²) >= 11 is 0. The second-order valence-electron chi connectivity index (χ2n) is 6.67. The smallest absolute Gasteiger partial charge is 0.210 e. The molecule has 5 heteroatoms. The first-order chi connectivity index (χ1) is 13.6. The molecule has 0 spiro atoms. The number of fused-ring (bicyclic) bond motifs is 1. The zero-order valence-electron chi connectivity index (χ0n) is 15.5. The Balaban J connectivity index is 1.88. The fourth-order valence-electron chi connectivity index (χ4n) is 3.19. The van der Waals surface area contributed by atoms with Gasteiger partial charge in [-0.3, -0.25) is 4.98 Å². The Kier molecular flexibility index (Phi) is 4.84. The average molecular weight is 388 g/mol. The van der Waals surface area contributed by atoms with Gasteiger partial charge in [-0.05, 0) is 36.8 Å². The summed E-state index contributed by atoms with van der Waals surface area (Å²) in [5.74, 6) is 0. The summed E-state index contributed by atoms with van der Waals surface area (Å²) in [4.78, 5) is 4.85. The maximum atomic E-state index is 13.3. The number of aromatic nitrogens is 1. The summed E-state index contributed by atoms with van der Waals surface area (Å²) < 4.78 is 26.6. The predicted molar refractivity (Wildman–Crippen MR) is 112 cm³/mol. The highest BCUT2D eigenvalue weighted by Gasteiger charge is 2.23. The van der Waals surface area contributed by atoms with Crippen molar-refractivity contribution in [3.63, 3.8) is 0 Å². The van der Waals surface area contributed by atoms with Gasteiger partial charge in [0.1, 0.15) is 4.90 Å². The molecule has 0 amide bonds. The van der Waals surface area contributed by atoms with Crippen LogP contribution < -0.4 is 5.32 Å². The second kappa shape index (κ2) is 7.44. The Morgan fingerprint density at radius 1 is 0.893 bits per heavy atom. The Labute approximate surface area is 164 Å². The summed E-state index contributed by atoms with van der Waals surface area (Å²) in [6.45, 7) is 2.50. The van der Waals surface area contributed by atoms with Gasteiger partial charge in [-0.15, -0.1) is 0 Å². The van der Waals surface area contributed by atoms with Gasteiger partial charge in [-0.25, -0.2) is 8.42 Å². The quantitative estimate of drug-likeness (QED) is 0.523. The van der Waals surface area contributed by atoms with Crippen LogP contribution in [-0.2, 0) is 16.4 Å². The third-order valence-corrected chi connectivity index (χ3v) is 6.43. The molecule has 1 heterocycles. The SMILES string of the molecule is Cc1ccc2ncc(S(=O)(=O)c3ccccc3)c(NCc3ccccc3)c2c1. The molecule has 4 nitrogen and oxygen atoms in total. The van der Waals surface area contributed by atoms with Crippen molar-refractivity contribution in [3.05, 3.63) is 96.2 Å². The van der Waals surface area contributed by atoms with E-state index in [9.17, 15) is 8.42 Å². The van der Waals surface area contributed by atoms with Gasteiger partial charge >= 0.3 is 0 Å². The molecule has 4 rings (SSSR count). The number of aryl methyl sites for hydroxylation is 1. The third-order valence-electron chi connectivity index (χ3n) is 4.64. The molecule has 0 radical (unpaired) electrons. The van der Waals surface area contributed by atoms with Crippen LogP contribution in [0.15, 0.2) is 94.9 Å². The summed E-state index contributed by atoms with van der Waals surface area (Å²) in [5, 5.41) is 4.16. The number of anilines is 1. The highest BCUT2D eigenvalue weighted by Crippen LogP contribution is 2.33. The Morgan fingerprint density at radius 3 is 2.29 bits per heavy atom. The number of rotatable bonds is 5. The van der Waals surface area contributed by atoms with Crippen molar-refractivity contribution in [3.8, 4) is 0 Å². The fraction of sp³-hybridized carbons (Fsp3) is 0.0870. The van der Waals surface area contributed by atoms with E-state index in [1.165, 1.54) is 6.20 Å². The zero-order chi connectivity index (χ0) is 19.6.